The van der Waals surface area contributed by atoms with Gasteiger partial charge in [0.2, 0.25) is 0 Å². The Morgan fingerprint density at radius 2 is 1.51 bits per heavy atom. The Morgan fingerprint density at radius 1 is 0.811 bits per heavy atom. The molecule has 1 heterocycles. The molecule has 0 saturated carbocycles. The molecule has 0 bridgehead atoms. The molecular formula is C28H20Cl2N2O4S. The summed E-state index contributed by atoms with van der Waals surface area (Å²) in [4.78, 5) is 26.3. The first kappa shape index (κ1) is 25.0. The van der Waals surface area contributed by atoms with Crippen LogP contribution < -0.4 is 9.62 Å². The maximum Gasteiger partial charge on any atom is 0.264 e. The maximum atomic E-state index is 13.2. The van der Waals surface area contributed by atoms with Gasteiger partial charge < -0.3 is 5.32 Å². The molecule has 5 rings (SSSR count). The number of carbonyl (C=O) groups excluding carboxylic acids is 2. The summed E-state index contributed by atoms with van der Waals surface area (Å²) in [5.74, 6) is -0.901. The molecule has 4 aromatic rings. The van der Waals surface area contributed by atoms with Crippen molar-refractivity contribution in [1.29, 1.82) is 0 Å². The van der Waals surface area contributed by atoms with Crippen LogP contribution in [0.2, 0.25) is 10.0 Å². The highest BCUT2D eigenvalue weighted by molar-refractivity contribution is 7.92. The van der Waals surface area contributed by atoms with E-state index in [-0.39, 0.29) is 32.3 Å². The summed E-state index contributed by atoms with van der Waals surface area (Å²) >= 11 is 12.3. The van der Waals surface area contributed by atoms with E-state index in [1.165, 1.54) is 40.7 Å². The van der Waals surface area contributed by atoms with Gasteiger partial charge in [0, 0.05) is 28.3 Å². The van der Waals surface area contributed by atoms with Crippen LogP contribution in [-0.4, -0.2) is 26.7 Å². The van der Waals surface area contributed by atoms with Crippen LogP contribution in [-0.2, 0) is 16.4 Å². The van der Waals surface area contributed by atoms with Crippen molar-refractivity contribution in [3.05, 3.63) is 123 Å². The zero-order valence-electron chi connectivity index (χ0n) is 19.3. The summed E-state index contributed by atoms with van der Waals surface area (Å²) in [5.41, 5.74) is 2.59. The number of benzene rings is 4. The van der Waals surface area contributed by atoms with Crippen LogP contribution in [0.3, 0.4) is 0 Å². The highest BCUT2D eigenvalue weighted by Crippen LogP contribution is 2.33. The third-order valence-electron chi connectivity index (χ3n) is 6.14. The Morgan fingerprint density at radius 3 is 2.27 bits per heavy atom. The fraction of sp³-hybridized carbons (Fsp3) is 0.0714. The van der Waals surface area contributed by atoms with Gasteiger partial charge >= 0.3 is 0 Å². The van der Waals surface area contributed by atoms with Crippen molar-refractivity contribution in [3.63, 3.8) is 0 Å². The van der Waals surface area contributed by atoms with Crippen molar-refractivity contribution in [1.82, 2.24) is 0 Å². The number of amides is 1. The number of fused-ring (bicyclic) bond motifs is 1. The molecule has 1 amide bonds. The van der Waals surface area contributed by atoms with Crippen molar-refractivity contribution in [2.45, 2.75) is 11.3 Å². The topological polar surface area (TPSA) is 83.5 Å². The number of sulfonamides is 1. The summed E-state index contributed by atoms with van der Waals surface area (Å²) in [6.07, 6.45) is 0.645. The van der Waals surface area contributed by atoms with Gasteiger partial charge in [-0.1, -0.05) is 53.5 Å². The van der Waals surface area contributed by atoms with E-state index in [0.717, 1.165) is 5.56 Å². The second-order valence-electron chi connectivity index (χ2n) is 8.43. The molecule has 1 N–H and O–H groups in total. The highest BCUT2D eigenvalue weighted by Gasteiger charge is 2.30. The van der Waals surface area contributed by atoms with Crippen LogP contribution in [0.1, 0.15) is 31.8 Å². The highest BCUT2D eigenvalue weighted by atomic mass is 35.5. The van der Waals surface area contributed by atoms with Crippen molar-refractivity contribution >= 4 is 56.3 Å². The maximum absolute atomic E-state index is 13.2. The van der Waals surface area contributed by atoms with Crippen LogP contribution in [0.5, 0.6) is 0 Å². The molecule has 1 aliphatic heterocycles. The predicted molar refractivity (Wildman–Crippen MR) is 145 cm³/mol. The predicted octanol–water partition coefficient (Wildman–Crippen LogP) is 6.23. The Balaban J connectivity index is 1.39. The molecule has 186 valence electrons. The molecule has 0 saturated heterocycles. The number of nitrogens with one attached hydrogen (secondary N) is 1. The zero-order valence-corrected chi connectivity index (χ0v) is 21.6. The van der Waals surface area contributed by atoms with E-state index in [1.54, 1.807) is 36.4 Å². The number of hydrogen-bond acceptors (Lipinski definition) is 4. The van der Waals surface area contributed by atoms with Crippen molar-refractivity contribution in [2.75, 3.05) is 16.2 Å². The lowest BCUT2D eigenvalue weighted by Crippen LogP contribution is -2.29. The van der Waals surface area contributed by atoms with Crippen LogP contribution in [0.15, 0.2) is 95.9 Å². The Hall–Kier alpha value is -3.65. The Bertz CT molecular complexity index is 1640. The van der Waals surface area contributed by atoms with E-state index in [2.05, 4.69) is 5.32 Å². The van der Waals surface area contributed by atoms with Gasteiger partial charge in [-0.25, -0.2) is 8.42 Å². The lowest BCUT2D eigenvalue weighted by molar-refractivity contribution is 0.102. The van der Waals surface area contributed by atoms with Crippen molar-refractivity contribution < 1.29 is 18.0 Å². The smallest absolute Gasteiger partial charge is 0.264 e. The number of nitrogens with zero attached hydrogens (tertiary/aromatic N) is 1. The monoisotopic (exact) mass is 550 g/mol. The molecule has 0 radical (unpaired) electrons. The van der Waals surface area contributed by atoms with Gasteiger partial charge in [-0.2, -0.15) is 0 Å². The molecule has 4 aromatic carbocycles. The van der Waals surface area contributed by atoms with Gasteiger partial charge in [0.1, 0.15) is 0 Å². The summed E-state index contributed by atoms with van der Waals surface area (Å²) in [7, 11) is -3.78. The molecular weight excluding hydrogens is 531 g/mol. The van der Waals surface area contributed by atoms with E-state index in [4.69, 9.17) is 23.2 Å². The fourth-order valence-electron chi connectivity index (χ4n) is 4.26. The Kier molecular flexibility index (Phi) is 6.77. The Labute approximate surface area is 224 Å². The first-order chi connectivity index (χ1) is 17.8. The zero-order chi connectivity index (χ0) is 26.2. The van der Waals surface area contributed by atoms with Crippen molar-refractivity contribution in [2.24, 2.45) is 0 Å². The number of rotatable bonds is 6. The minimum absolute atomic E-state index is 0.0850. The SMILES string of the molecule is O=C(Nc1ccc(Cl)cc1C(=O)c1ccccc1Cl)c1ccc(S(=O)(=O)N2CCc3ccccc32)cc1. The third kappa shape index (κ3) is 4.85. The second kappa shape index (κ2) is 10.0. The number of ketones is 1. The van der Waals surface area contributed by atoms with E-state index in [1.807, 2.05) is 18.2 Å². The minimum atomic E-state index is -3.78. The molecule has 9 heteroatoms. The van der Waals surface area contributed by atoms with Crippen molar-refractivity contribution in [3.8, 4) is 0 Å². The number of halogens is 2. The number of hydrogen-bond donors (Lipinski definition) is 1. The average Bonchev–Trinajstić information content (AvgIpc) is 3.35. The minimum Gasteiger partial charge on any atom is -0.321 e. The molecule has 0 aromatic heterocycles. The van der Waals surface area contributed by atoms with Gasteiger partial charge in [0.25, 0.3) is 15.9 Å². The van der Waals surface area contributed by atoms with E-state index in [9.17, 15) is 18.0 Å². The fourth-order valence-corrected chi connectivity index (χ4v) is 6.16. The van der Waals surface area contributed by atoms with Crippen LogP contribution in [0.25, 0.3) is 0 Å². The van der Waals surface area contributed by atoms with E-state index >= 15 is 0 Å². The normalized spacial score (nSPS) is 12.8. The van der Waals surface area contributed by atoms with Crippen LogP contribution in [0.4, 0.5) is 11.4 Å². The van der Waals surface area contributed by atoms with E-state index in [0.29, 0.717) is 23.7 Å². The van der Waals surface area contributed by atoms with Crippen LogP contribution in [0, 0.1) is 0 Å². The van der Waals surface area contributed by atoms with Gasteiger partial charge in [-0.15, -0.1) is 0 Å². The molecule has 0 spiro atoms. The molecule has 6 nitrogen and oxygen atoms in total. The average molecular weight is 551 g/mol. The van der Waals surface area contributed by atoms with Gasteiger partial charge in [0.15, 0.2) is 5.78 Å². The first-order valence-electron chi connectivity index (χ1n) is 11.4. The summed E-state index contributed by atoms with van der Waals surface area (Å²) in [5, 5.41) is 3.33. The summed E-state index contributed by atoms with van der Waals surface area (Å²) in [6, 6.07) is 24.3. The number of anilines is 2. The van der Waals surface area contributed by atoms with Gasteiger partial charge in [-0.05, 0) is 72.6 Å². The summed E-state index contributed by atoms with van der Waals surface area (Å²) < 4.78 is 27.9. The summed E-state index contributed by atoms with van der Waals surface area (Å²) in [6.45, 7) is 0.364. The lowest BCUT2D eigenvalue weighted by Gasteiger charge is -2.19. The molecule has 0 unspecified atom stereocenters. The first-order valence-corrected chi connectivity index (χ1v) is 13.6. The van der Waals surface area contributed by atoms with E-state index < -0.39 is 21.7 Å². The molecule has 0 atom stereocenters. The van der Waals surface area contributed by atoms with Crippen LogP contribution >= 0.6 is 23.2 Å². The second-order valence-corrected chi connectivity index (χ2v) is 11.1. The number of para-hydroxylation sites is 1. The molecule has 1 aliphatic rings. The number of carbonyl (C=O) groups is 2. The largest absolute Gasteiger partial charge is 0.321 e. The lowest BCUT2D eigenvalue weighted by atomic mass is 10.0. The third-order valence-corrected chi connectivity index (χ3v) is 8.53. The van der Waals surface area contributed by atoms with Gasteiger partial charge in [0.05, 0.1) is 21.3 Å². The molecule has 0 aliphatic carbocycles. The quantitative estimate of drug-likeness (QED) is 0.288. The van der Waals surface area contributed by atoms with Gasteiger partial charge in [-0.3, -0.25) is 13.9 Å². The molecule has 37 heavy (non-hydrogen) atoms. The standard InChI is InChI=1S/C28H20Cl2N2O4S/c29-20-11-14-25(23(17-20)27(33)22-6-2-3-7-24(22)30)31-28(34)19-9-12-21(13-10-19)37(35,36)32-16-15-18-5-1-4-8-26(18)32/h1-14,17H,15-16H2,(H,31,34). The molecule has 0 fully saturated rings.